The fourth-order valence-corrected chi connectivity index (χ4v) is 3.04. The van der Waals surface area contributed by atoms with E-state index < -0.39 is 10.8 Å². The zero-order valence-corrected chi connectivity index (χ0v) is 17.1. The van der Waals surface area contributed by atoms with Gasteiger partial charge < -0.3 is 5.32 Å². The molecule has 3 N–H and O–H groups in total. The van der Waals surface area contributed by atoms with E-state index in [9.17, 15) is 14.9 Å². The average Bonchev–Trinajstić information content (AvgIpc) is 2.70. The molecule has 0 aliphatic rings. The number of amides is 1. The van der Waals surface area contributed by atoms with Crippen molar-refractivity contribution in [3.8, 4) is 0 Å². The number of hydrazine groups is 1. The minimum atomic E-state index is -0.611. The Balaban J connectivity index is 1.87. The fraction of sp³-hybridized carbons (Fsp3) is 0.105. The second-order valence-corrected chi connectivity index (χ2v) is 6.96. The van der Waals surface area contributed by atoms with Crippen molar-refractivity contribution in [2.75, 3.05) is 10.7 Å². The minimum absolute atomic E-state index is 0.0105. The number of benzene rings is 2. The molecule has 0 spiro atoms. The first-order valence-corrected chi connectivity index (χ1v) is 9.31. The number of aryl methyl sites for hydroxylation is 1. The van der Waals surface area contributed by atoms with Crippen LogP contribution in [0.25, 0.3) is 0 Å². The van der Waals surface area contributed by atoms with Crippen LogP contribution in [0.4, 0.5) is 23.0 Å². The maximum Gasteiger partial charge on any atom is 0.355 e. The van der Waals surface area contributed by atoms with E-state index in [4.69, 9.17) is 0 Å². The van der Waals surface area contributed by atoms with E-state index in [1.807, 2.05) is 26.0 Å². The highest BCUT2D eigenvalue weighted by Crippen LogP contribution is 2.32. The number of carbonyl (C=O) groups excluding carboxylic acids is 1. The number of nitrogens with one attached hydrogen (secondary N) is 3. The Morgan fingerprint density at radius 1 is 1.07 bits per heavy atom. The first-order chi connectivity index (χ1) is 13.9. The van der Waals surface area contributed by atoms with E-state index in [0.717, 1.165) is 11.1 Å². The van der Waals surface area contributed by atoms with Crippen molar-refractivity contribution >= 4 is 44.8 Å². The van der Waals surface area contributed by atoms with Crippen LogP contribution in [0.1, 0.15) is 21.5 Å². The van der Waals surface area contributed by atoms with Crippen molar-refractivity contribution in [1.29, 1.82) is 0 Å². The second-order valence-electron chi connectivity index (χ2n) is 6.11. The Hall–Kier alpha value is -3.53. The summed E-state index contributed by atoms with van der Waals surface area (Å²) in [5, 5.41) is 14.7. The summed E-state index contributed by atoms with van der Waals surface area (Å²) >= 11 is 3.29. The lowest BCUT2D eigenvalue weighted by atomic mass is 10.1. The smallest absolute Gasteiger partial charge is 0.334 e. The molecule has 9 nitrogen and oxygen atoms in total. The Morgan fingerprint density at radius 2 is 1.79 bits per heavy atom. The highest BCUT2D eigenvalue weighted by molar-refractivity contribution is 9.10. The van der Waals surface area contributed by atoms with E-state index in [1.165, 1.54) is 6.33 Å². The molecule has 2 aromatic carbocycles. The lowest BCUT2D eigenvalue weighted by molar-refractivity contribution is -0.383. The van der Waals surface area contributed by atoms with Gasteiger partial charge in [-0.1, -0.05) is 24.3 Å². The molecule has 29 heavy (non-hydrogen) atoms. The van der Waals surface area contributed by atoms with Gasteiger partial charge in [-0.05, 0) is 59.1 Å². The van der Waals surface area contributed by atoms with Gasteiger partial charge in [-0.3, -0.25) is 25.8 Å². The summed E-state index contributed by atoms with van der Waals surface area (Å²) < 4.78 is 0.591. The number of hydrogen-bond acceptors (Lipinski definition) is 7. The third kappa shape index (κ3) is 4.49. The summed E-state index contributed by atoms with van der Waals surface area (Å²) in [6.07, 6.45) is 1.17. The maximum absolute atomic E-state index is 12.3. The number of rotatable bonds is 6. The molecule has 0 saturated heterocycles. The highest BCUT2D eigenvalue weighted by Gasteiger charge is 2.24. The van der Waals surface area contributed by atoms with Gasteiger partial charge >= 0.3 is 5.69 Å². The number of nitro groups is 1. The minimum Gasteiger partial charge on any atom is -0.334 e. The number of anilines is 3. The van der Waals surface area contributed by atoms with Gasteiger partial charge in [0.1, 0.15) is 6.33 Å². The van der Waals surface area contributed by atoms with Crippen LogP contribution in [0.2, 0.25) is 0 Å². The monoisotopic (exact) mass is 456 g/mol. The lowest BCUT2D eigenvalue weighted by Crippen LogP contribution is -2.30. The van der Waals surface area contributed by atoms with Crippen LogP contribution in [0, 0.1) is 24.0 Å². The third-order valence-electron chi connectivity index (χ3n) is 4.28. The van der Waals surface area contributed by atoms with Gasteiger partial charge in [0.15, 0.2) is 0 Å². The molecule has 0 aliphatic heterocycles. The molecule has 3 aromatic rings. The largest absolute Gasteiger partial charge is 0.355 e. The quantitative estimate of drug-likeness (QED) is 0.373. The number of halogens is 1. The Kier molecular flexibility index (Phi) is 6.03. The van der Waals surface area contributed by atoms with Gasteiger partial charge in [-0.2, -0.15) is 0 Å². The zero-order valence-electron chi connectivity index (χ0n) is 15.6. The van der Waals surface area contributed by atoms with E-state index >= 15 is 0 Å². The van der Waals surface area contributed by atoms with E-state index in [0.29, 0.717) is 15.7 Å². The van der Waals surface area contributed by atoms with Crippen molar-refractivity contribution in [2.24, 2.45) is 0 Å². The molecule has 0 atom stereocenters. The lowest BCUT2D eigenvalue weighted by Gasteiger charge is -2.13. The summed E-state index contributed by atoms with van der Waals surface area (Å²) in [7, 11) is 0. The fourth-order valence-electron chi connectivity index (χ4n) is 2.58. The first-order valence-electron chi connectivity index (χ1n) is 8.52. The predicted molar refractivity (Wildman–Crippen MR) is 113 cm³/mol. The normalized spacial score (nSPS) is 10.3. The summed E-state index contributed by atoms with van der Waals surface area (Å²) in [4.78, 5) is 31.3. The molecule has 0 fully saturated rings. The van der Waals surface area contributed by atoms with Gasteiger partial charge in [0.2, 0.25) is 11.6 Å². The molecule has 1 amide bonds. The molecule has 1 aromatic heterocycles. The molecular formula is C19H17BrN6O3. The van der Waals surface area contributed by atoms with Crippen molar-refractivity contribution in [3.63, 3.8) is 0 Å². The molecule has 3 rings (SSSR count). The van der Waals surface area contributed by atoms with Gasteiger partial charge in [0.25, 0.3) is 5.91 Å². The maximum atomic E-state index is 12.3. The standard InChI is InChI=1S/C19H17BrN6O3/c1-11-6-5-9-15(12(11)2)23-17-16(26(28)29)18(22-10-21-17)24-25-19(27)13-7-3-4-8-14(13)20/h3-10H,1-2H3,(H,25,27)(H2,21,22,23,24). The number of hydrogen-bond donors (Lipinski definition) is 3. The summed E-state index contributed by atoms with van der Waals surface area (Å²) in [5.41, 5.74) is 7.58. The van der Waals surface area contributed by atoms with E-state index in [1.54, 1.807) is 30.3 Å². The molecular weight excluding hydrogens is 440 g/mol. The number of nitrogens with zero attached hydrogens (tertiary/aromatic N) is 3. The highest BCUT2D eigenvalue weighted by atomic mass is 79.9. The molecule has 0 bridgehead atoms. The van der Waals surface area contributed by atoms with Crippen molar-refractivity contribution in [1.82, 2.24) is 15.4 Å². The summed E-state index contributed by atoms with van der Waals surface area (Å²) in [6.45, 7) is 3.85. The van der Waals surface area contributed by atoms with Crippen molar-refractivity contribution < 1.29 is 9.72 Å². The van der Waals surface area contributed by atoms with E-state index in [-0.39, 0.29) is 17.3 Å². The SMILES string of the molecule is Cc1cccc(Nc2ncnc(NNC(=O)c3ccccc3Br)c2[N+](=O)[O-])c1C. The molecule has 0 unspecified atom stereocenters. The number of carbonyl (C=O) groups is 1. The molecule has 1 heterocycles. The van der Waals surface area contributed by atoms with Gasteiger partial charge in [-0.25, -0.2) is 9.97 Å². The van der Waals surface area contributed by atoms with E-state index in [2.05, 4.69) is 42.1 Å². The van der Waals surface area contributed by atoms with Gasteiger partial charge in [-0.15, -0.1) is 0 Å². The van der Waals surface area contributed by atoms with Crippen molar-refractivity contribution in [3.05, 3.63) is 80.1 Å². The summed E-state index contributed by atoms with van der Waals surface area (Å²) in [6, 6.07) is 12.4. The van der Waals surface area contributed by atoms with Gasteiger partial charge in [0.05, 0.1) is 10.5 Å². The molecule has 0 aliphatic carbocycles. The Bertz CT molecular complexity index is 1090. The molecule has 10 heteroatoms. The molecule has 0 radical (unpaired) electrons. The topological polar surface area (TPSA) is 122 Å². The van der Waals surface area contributed by atoms with Crippen molar-refractivity contribution in [2.45, 2.75) is 13.8 Å². The predicted octanol–water partition coefficient (Wildman–Crippen LogP) is 4.26. The summed E-state index contributed by atoms with van der Waals surface area (Å²) in [5.74, 6) is -0.607. The van der Waals surface area contributed by atoms with Crippen LogP contribution >= 0.6 is 15.9 Å². The van der Waals surface area contributed by atoms with Gasteiger partial charge in [0, 0.05) is 10.2 Å². The first kappa shape index (κ1) is 20.2. The second kappa shape index (κ2) is 8.65. The molecule has 148 valence electrons. The van der Waals surface area contributed by atoms with Crippen LogP contribution < -0.4 is 16.2 Å². The van der Waals surface area contributed by atoms with Crippen LogP contribution in [0.3, 0.4) is 0 Å². The Morgan fingerprint density at radius 3 is 2.52 bits per heavy atom. The van der Waals surface area contributed by atoms with Crippen LogP contribution in [-0.2, 0) is 0 Å². The Labute approximate surface area is 174 Å². The average molecular weight is 457 g/mol. The zero-order chi connectivity index (χ0) is 21.0. The van der Waals surface area contributed by atoms with Crippen LogP contribution in [0.5, 0.6) is 0 Å². The van der Waals surface area contributed by atoms with Crippen LogP contribution in [0.15, 0.2) is 53.3 Å². The molecule has 0 saturated carbocycles. The number of aromatic nitrogens is 2. The third-order valence-corrected chi connectivity index (χ3v) is 4.97. The van der Waals surface area contributed by atoms with Crippen LogP contribution in [-0.4, -0.2) is 20.8 Å².